The quantitative estimate of drug-likeness (QED) is 0.742. The maximum atomic E-state index is 12.2. The lowest BCUT2D eigenvalue weighted by molar-refractivity contribution is 0.452. The van der Waals surface area contributed by atoms with Gasteiger partial charge in [0.15, 0.2) is 0 Å². The number of nitrogens with zero attached hydrogens (tertiary/aromatic N) is 4. The summed E-state index contributed by atoms with van der Waals surface area (Å²) in [6, 6.07) is 7.26. The third-order valence-corrected chi connectivity index (χ3v) is 4.47. The van der Waals surface area contributed by atoms with Crippen LogP contribution in [0.1, 0.15) is 0 Å². The number of halogens is 1. The SMILES string of the molecule is O=S(=O)(Nc1cnc(-n2cccn2)nc1O)c1ccc(Cl)cc1. The second kappa shape index (κ2) is 5.86. The summed E-state index contributed by atoms with van der Waals surface area (Å²) >= 11 is 5.73. The van der Waals surface area contributed by atoms with E-state index in [1.54, 1.807) is 12.3 Å². The second-order valence-corrected chi connectivity index (χ2v) is 6.54. The molecule has 118 valence electrons. The minimum Gasteiger partial charge on any atom is -0.492 e. The van der Waals surface area contributed by atoms with Crippen LogP contribution in [0.2, 0.25) is 5.02 Å². The highest BCUT2D eigenvalue weighted by Crippen LogP contribution is 2.24. The minimum atomic E-state index is -3.89. The lowest BCUT2D eigenvalue weighted by atomic mass is 10.4. The smallest absolute Gasteiger partial charge is 0.262 e. The molecule has 3 aromatic rings. The van der Waals surface area contributed by atoms with E-state index in [9.17, 15) is 13.5 Å². The number of hydrogen-bond donors (Lipinski definition) is 2. The summed E-state index contributed by atoms with van der Waals surface area (Å²) in [6.07, 6.45) is 4.27. The van der Waals surface area contributed by atoms with Crippen LogP contribution in [0.5, 0.6) is 5.88 Å². The molecule has 2 aromatic heterocycles. The molecule has 0 saturated heterocycles. The van der Waals surface area contributed by atoms with E-state index in [4.69, 9.17) is 11.6 Å². The van der Waals surface area contributed by atoms with Gasteiger partial charge in [-0.05, 0) is 30.3 Å². The van der Waals surface area contributed by atoms with Gasteiger partial charge in [-0.25, -0.2) is 18.1 Å². The van der Waals surface area contributed by atoms with Crippen molar-refractivity contribution in [2.24, 2.45) is 0 Å². The van der Waals surface area contributed by atoms with Gasteiger partial charge in [-0.15, -0.1) is 0 Å². The van der Waals surface area contributed by atoms with E-state index >= 15 is 0 Å². The first-order valence-electron chi connectivity index (χ1n) is 6.30. The molecule has 8 nitrogen and oxygen atoms in total. The third-order valence-electron chi connectivity index (χ3n) is 2.83. The molecule has 0 atom stereocenters. The first kappa shape index (κ1) is 15.3. The van der Waals surface area contributed by atoms with E-state index in [2.05, 4.69) is 19.8 Å². The zero-order chi connectivity index (χ0) is 16.4. The molecule has 0 fully saturated rings. The number of aromatic hydroxyl groups is 1. The Kier molecular flexibility index (Phi) is 3.89. The lowest BCUT2D eigenvalue weighted by Gasteiger charge is -2.09. The van der Waals surface area contributed by atoms with Crippen molar-refractivity contribution in [3.8, 4) is 11.8 Å². The minimum absolute atomic E-state index is 0.00236. The molecule has 3 rings (SSSR count). The fraction of sp³-hybridized carbons (Fsp3) is 0. The van der Waals surface area contributed by atoms with Crippen LogP contribution in [0, 0.1) is 0 Å². The van der Waals surface area contributed by atoms with Gasteiger partial charge in [-0.1, -0.05) is 11.6 Å². The highest BCUT2D eigenvalue weighted by Gasteiger charge is 2.17. The van der Waals surface area contributed by atoms with E-state index in [1.165, 1.54) is 35.1 Å². The molecular formula is C13H10ClN5O3S. The van der Waals surface area contributed by atoms with Gasteiger partial charge in [0, 0.05) is 17.4 Å². The highest BCUT2D eigenvalue weighted by atomic mass is 35.5. The monoisotopic (exact) mass is 351 g/mol. The average Bonchev–Trinajstić information content (AvgIpc) is 3.04. The first-order chi connectivity index (χ1) is 11.0. The number of benzene rings is 1. The van der Waals surface area contributed by atoms with Gasteiger partial charge >= 0.3 is 0 Å². The van der Waals surface area contributed by atoms with Crippen molar-refractivity contribution in [3.63, 3.8) is 0 Å². The molecule has 0 amide bonds. The van der Waals surface area contributed by atoms with E-state index in [-0.39, 0.29) is 16.5 Å². The molecule has 1 aromatic carbocycles. The van der Waals surface area contributed by atoms with Crippen LogP contribution in [-0.2, 0) is 10.0 Å². The van der Waals surface area contributed by atoms with Crippen molar-refractivity contribution >= 4 is 27.3 Å². The van der Waals surface area contributed by atoms with Gasteiger partial charge in [0.25, 0.3) is 16.0 Å². The molecule has 0 aliphatic rings. The molecule has 0 aliphatic heterocycles. The molecule has 0 radical (unpaired) electrons. The van der Waals surface area contributed by atoms with E-state index in [0.717, 1.165) is 6.20 Å². The Balaban J connectivity index is 1.89. The van der Waals surface area contributed by atoms with Crippen molar-refractivity contribution in [2.45, 2.75) is 4.90 Å². The summed E-state index contributed by atoms with van der Waals surface area (Å²) in [5.74, 6) is -0.398. The maximum absolute atomic E-state index is 12.2. The van der Waals surface area contributed by atoms with Gasteiger partial charge in [-0.2, -0.15) is 10.1 Å². The number of sulfonamides is 1. The number of nitrogens with one attached hydrogen (secondary N) is 1. The summed E-state index contributed by atoms with van der Waals surface area (Å²) in [4.78, 5) is 7.76. The molecule has 0 unspecified atom stereocenters. The molecular weight excluding hydrogens is 342 g/mol. The van der Waals surface area contributed by atoms with Gasteiger partial charge in [0.05, 0.1) is 11.1 Å². The van der Waals surface area contributed by atoms with Crippen molar-refractivity contribution in [1.82, 2.24) is 19.7 Å². The molecule has 0 spiro atoms. The predicted molar refractivity (Wildman–Crippen MR) is 83.1 cm³/mol. The summed E-state index contributed by atoms with van der Waals surface area (Å²) in [5, 5.41) is 14.2. The van der Waals surface area contributed by atoms with Crippen molar-refractivity contribution < 1.29 is 13.5 Å². The number of anilines is 1. The number of hydrogen-bond acceptors (Lipinski definition) is 6. The topological polar surface area (TPSA) is 110 Å². The Hall–Kier alpha value is -2.65. The Labute approximate surface area is 136 Å². The van der Waals surface area contributed by atoms with Crippen molar-refractivity contribution in [2.75, 3.05) is 4.72 Å². The van der Waals surface area contributed by atoms with E-state index in [0.29, 0.717) is 5.02 Å². The Bertz CT molecular complexity index is 927. The van der Waals surface area contributed by atoms with Crippen LogP contribution in [0.4, 0.5) is 5.69 Å². The Morgan fingerprint density at radius 1 is 1.22 bits per heavy atom. The molecule has 2 heterocycles. The van der Waals surface area contributed by atoms with E-state index < -0.39 is 15.9 Å². The third kappa shape index (κ3) is 3.25. The standard InChI is InChI=1S/C13H10ClN5O3S/c14-9-2-4-10(5-3-9)23(21,22)18-11-8-15-13(17-12(11)20)19-7-1-6-16-19/h1-8,18H,(H,15,17,20). The zero-order valence-electron chi connectivity index (χ0n) is 11.5. The van der Waals surface area contributed by atoms with Crippen LogP contribution in [0.15, 0.2) is 53.8 Å². The maximum Gasteiger partial charge on any atom is 0.262 e. The average molecular weight is 352 g/mol. The first-order valence-corrected chi connectivity index (χ1v) is 8.16. The van der Waals surface area contributed by atoms with Crippen LogP contribution < -0.4 is 4.72 Å². The molecule has 2 N–H and O–H groups in total. The predicted octanol–water partition coefficient (Wildman–Crippen LogP) is 1.82. The van der Waals surface area contributed by atoms with Crippen molar-refractivity contribution in [3.05, 3.63) is 53.9 Å². The fourth-order valence-electron chi connectivity index (χ4n) is 1.75. The summed E-state index contributed by atoms with van der Waals surface area (Å²) in [7, 11) is -3.89. The largest absolute Gasteiger partial charge is 0.492 e. The van der Waals surface area contributed by atoms with Gasteiger partial charge in [-0.3, -0.25) is 4.72 Å². The Morgan fingerprint density at radius 2 is 1.96 bits per heavy atom. The number of aromatic nitrogens is 4. The van der Waals surface area contributed by atoms with Crippen LogP contribution >= 0.6 is 11.6 Å². The Morgan fingerprint density at radius 3 is 2.57 bits per heavy atom. The molecule has 10 heteroatoms. The molecule has 0 bridgehead atoms. The zero-order valence-corrected chi connectivity index (χ0v) is 13.0. The highest BCUT2D eigenvalue weighted by molar-refractivity contribution is 7.92. The summed E-state index contributed by atoms with van der Waals surface area (Å²) < 4.78 is 28.0. The fourth-order valence-corrected chi connectivity index (χ4v) is 2.92. The summed E-state index contributed by atoms with van der Waals surface area (Å²) in [5.41, 5.74) is -0.143. The molecule has 0 saturated carbocycles. The van der Waals surface area contributed by atoms with Gasteiger partial charge in [0.2, 0.25) is 5.88 Å². The molecule has 23 heavy (non-hydrogen) atoms. The van der Waals surface area contributed by atoms with Crippen LogP contribution in [0.3, 0.4) is 0 Å². The van der Waals surface area contributed by atoms with Crippen LogP contribution in [0.25, 0.3) is 5.95 Å². The van der Waals surface area contributed by atoms with Crippen LogP contribution in [-0.4, -0.2) is 33.3 Å². The lowest BCUT2D eigenvalue weighted by Crippen LogP contribution is -2.14. The normalized spacial score (nSPS) is 11.3. The summed E-state index contributed by atoms with van der Waals surface area (Å²) in [6.45, 7) is 0. The van der Waals surface area contributed by atoms with E-state index in [1.807, 2.05) is 0 Å². The van der Waals surface area contributed by atoms with Crippen molar-refractivity contribution in [1.29, 1.82) is 0 Å². The van der Waals surface area contributed by atoms with Gasteiger partial charge in [0.1, 0.15) is 5.69 Å². The number of rotatable bonds is 4. The van der Waals surface area contributed by atoms with Gasteiger partial charge < -0.3 is 5.11 Å². The second-order valence-electron chi connectivity index (χ2n) is 4.42. The molecule has 0 aliphatic carbocycles.